The first-order chi connectivity index (χ1) is 7.00. The van der Waals surface area contributed by atoms with Crippen LogP contribution in [0.3, 0.4) is 0 Å². The van der Waals surface area contributed by atoms with Gasteiger partial charge in [-0.1, -0.05) is 0 Å². The maximum atomic E-state index is 13.0. The van der Waals surface area contributed by atoms with E-state index < -0.39 is 17.6 Å². The highest BCUT2D eigenvalue weighted by atomic mass is 19.1. The van der Waals surface area contributed by atoms with Crippen molar-refractivity contribution in [1.29, 1.82) is 0 Å². The van der Waals surface area contributed by atoms with Gasteiger partial charge in [-0.2, -0.15) is 5.10 Å². The van der Waals surface area contributed by atoms with Crippen molar-refractivity contribution in [3.05, 3.63) is 29.8 Å². The first-order valence-corrected chi connectivity index (χ1v) is 3.99. The van der Waals surface area contributed by atoms with Gasteiger partial charge in [0.15, 0.2) is 5.82 Å². The van der Waals surface area contributed by atoms with Crippen LogP contribution < -0.4 is 5.43 Å². The van der Waals surface area contributed by atoms with Gasteiger partial charge < -0.3 is 5.11 Å². The monoisotopic (exact) mass is 214 g/mol. The van der Waals surface area contributed by atoms with Gasteiger partial charge in [-0.3, -0.25) is 5.43 Å². The fourth-order valence-corrected chi connectivity index (χ4v) is 0.772. The third-order valence-corrected chi connectivity index (χ3v) is 1.58. The number of hydrogen-bond acceptors (Lipinski definition) is 3. The zero-order valence-electron chi connectivity index (χ0n) is 7.79. The molecular formula is C9H8F2N2O2. The van der Waals surface area contributed by atoms with Crippen LogP contribution in [0.15, 0.2) is 23.3 Å². The number of hydrazone groups is 1. The lowest BCUT2D eigenvalue weighted by molar-refractivity contribution is -0.129. The number of aliphatic carboxylic acids is 1. The Morgan fingerprint density at radius 2 is 2.13 bits per heavy atom. The number of anilines is 1. The van der Waals surface area contributed by atoms with Crippen LogP contribution in [0.25, 0.3) is 0 Å². The van der Waals surface area contributed by atoms with Gasteiger partial charge in [-0.25, -0.2) is 13.6 Å². The van der Waals surface area contributed by atoms with Gasteiger partial charge in [0.1, 0.15) is 11.5 Å². The predicted molar refractivity (Wildman–Crippen MR) is 50.7 cm³/mol. The SMILES string of the molecule is CC(=NNc1ccc(F)cc1F)C(=O)O. The number of benzene rings is 1. The smallest absolute Gasteiger partial charge is 0.351 e. The van der Waals surface area contributed by atoms with E-state index in [9.17, 15) is 13.6 Å². The van der Waals surface area contributed by atoms with Crippen molar-refractivity contribution in [3.8, 4) is 0 Å². The van der Waals surface area contributed by atoms with E-state index in [1.807, 2.05) is 0 Å². The summed E-state index contributed by atoms with van der Waals surface area (Å²) in [5, 5.41) is 11.8. The van der Waals surface area contributed by atoms with Crippen molar-refractivity contribution in [1.82, 2.24) is 0 Å². The number of rotatable bonds is 3. The molecule has 6 heteroatoms. The van der Waals surface area contributed by atoms with E-state index in [4.69, 9.17) is 5.11 Å². The second kappa shape index (κ2) is 4.50. The minimum absolute atomic E-state index is 0.0861. The molecule has 0 aliphatic rings. The van der Waals surface area contributed by atoms with E-state index in [0.717, 1.165) is 12.1 Å². The minimum atomic E-state index is -1.22. The minimum Gasteiger partial charge on any atom is -0.477 e. The standard InChI is InChI=1S/C9H8F2N2O2/c1-5(9(14)15)12-13-8-3-2-6(10)4-7(8)11/h2-4,13H,1H3,(H,14,15). The van der Waals surface area contributed by atoms with Crippen molar-refractivity contribution in [2.45, 2.75) is 6.92 Å². The Hall–Kier alpha value is -1.98. The summed E-state index contributed by atoms with van der Waals surface area (Å²) in [6, 6.07) is 2.84. The van der Waals surface area contributed by atoms with Crippen molar-refractivity contribution in [2.24, 2.45) is 5.10 Å². The Morgan fingerprint density at radius 1 is 1.47 bits per heavy atom. The molecule has 0 aliphatic heterocycles. The molecule has 0 aromatic heterocycles. The molecule has 0 saturated heterocycles. The molecule has 0 saturated carbocycles. The van der Waals surface area contributed by atoms with Crippen LogP contribution in [0.4, 0.5) is 14.5 Å². The maximum absolute atomic E-state index is 13.0. The van der Waals surface area contributed by atoms with Gasteiger partial charge in [-0.05, 0) is 19.1 Å². The Morgan fingerprint density at radius 3 is 2.67 bits per heavy atom. The molecule has 0 spiro atoms. The molecule has 0 fully saturated rings. The first kappa shape index (κ1) is 11.1. The molecular weight excluding hydrogens is 206 g/mol. The molecule has 2 N–H and O–H groups in total. The zero-order chi connectivity index (χ0) is 11.4. The second-order valence-corrected chi connectivity index (χ2v) is 2.74. The average molecular weight is 214 g/mol. The number of hydrogen-bond donors (Lipinski definition) is 2. The Kier molecular flexibility index (Phi) is 3.33. The van der Waals surface area contributed by atoms with Crippen LogP contribution in [-0.2, 0) is 4.79 Å². The van der Waals surface area contributed by atoms with E-state index in [-0.39, 0.29) is 11.4 Å². The summed E-state index contributed by atoms with van der Waals surface area (Å²) in [5.41, 5.74) is 1.88. The van der Waals surface area contributed by atoms with Crippen molar-refractivity contribution >= 4 is 17.4 Å². The number of nitrogens with zero attached hydrogens (tertiary/aromatic N) is 1. The van der Waals surface area contributed by atoms with Gasteiger partial charge in [0.05, 0.1) is 5.69 Å². The molecule has 0 radical (unpaired) electrons. The molecule has 1 aromatic rings. The van der Waals surface area contributed by atoms with E-state index in [2.05, 4.69) is 10.5 Å². The number of carboxylic acids is 1. The second-order valence-electron chi connectivity index (χ2n) is 2.74. The Labute approximate surface area is 84.2 Å². The van der Waals surface area contributed by atoms with Crippen LogP contribution >= 0.6 is 0 Å². The summed E-state index contributed by atoms with van der Waals surface area (Å²) in [4.78, 5) is 10.3. The maximum Gasteiger partial charge on any atom is 0.351 e. The summed E-state index contributed by atoms with van der Waals surface area (Å²) in [6.45, 7) is 1.25. The molecule has 1 aromatic carbocycles. The molecule has 0 amide bonds. The van der Waals surface area contributed by atoms with E-state index in [0.29, 0.717) is 6.07 Å². The van der Waals surface area contributed by atoms with Gasteiger partial charge in [0.2, 0.25) is 0 Å². The molecule has 80 valence electrons. The van der Waals surface area contributed by atoms with E-state index >= 15 is 0 Å². The largest absolute Gasteiger partial charge is 0.477 e. The molecule has 0 aliphatic carbocycles. The predicted octanol–water partition coefficient (Wildman–Crippen LogP) is 1.84. The van der Waals surface area contributed by atoms with Crippen LogP contribution in [-0.4, -0.2) is 16.8 Å². The number of nitrogens with one attached hydrogen (secondary N) is 1. The molecule has 0 unspecified atom stereocenters. The summed E-state index contributed by atoms with van der Waals surface area (Å²) >= 11 is 0. The normalized spacial score (nSPS) is 11.3. The fraction of sp³-hybridized carbons (Fsp3) is 0.111. The Bertz CT molecular complexity index is 419. The molecule has 0 atom stereocenters. The topological polar surface area (TPSA) is 61.7 Å². The summed E-state index contributed by atoms with van der Waals surface area (Å²) in [7, 11) is 0. The van der Waals surface area contributed by atoms with Crippen molar-refractivity contribution in [2.75, 3.05) is 5.43 Å². The van der Waals surface area contributed by atoms with Crippen molar-refractivity contribution < 1.29 is 18.7 Å². The lowest BCUT2D eigenvalue weighted by atomic mass is 10.3. The number of carboxylic acid groups (broad SMARTS) is 1. The van der Waals surface area contributed by atoms with Gasteiger partial charge in [0, 0.05) is 6.07 Å². The van der Waals surface area contributed by atoms with Gasteiger partial charge in [0.25, 0.3) is 0 Å². The average Bonchev–Trinajstić information content (AvgIpc) is 2.15. The highest BCUT2D eigenvalue weighted by molar-refractivity contribution is 6.34. The highest BCUT2D eigenvalue weighted by Crippen LogP contribution is 2.14. The lowest BCUT2D eigenvalue weighted by Crippen LogP contribution is -2.10. The third-order valence-electron chi connectivity index (χ3n) is 1.58. The first-order valence-electron chi connectivity index (χ1n) is 3.99. The molecule has 0 bridgehead atoms. The van der Waals surface area contributed by atoms with E-state index in [1.54, 1.807) is 0 Å². The molecule has 4 nitrogen and oxygen atoms in total. The highest BCUT2D eigenvalue weighted by Gasteiger charge is 2.04. The number of carbonyl (C=O) groups is 1. The zero-order valence-corrected chi connectivity index (χ0v) is 7.79. The van der Waals surface area contributed by atoms with Crippen LogP contribution in [0.1, 0.15) is 6.92 Å². The van der Waals surface area contributed by atoms with Gasteiger partial charge in [-0.15, -0.1) is 0 Å². The lowest BCUT2D eigenvalue weighted by Gasteiger charge is -2.02. The van der Waals surface area contributed by atoms with E-state index in [1.165, 1.54) is 6.92 Å². The molecule has 0 heterocycles. The third kappa shape index (κ3) is 3.01. The molecule has 1 rings (SSSR count). The van der Waals surface area contributed by atoms with Gasteiger partial charge >= 0.3 is 5.97 Å². The van der Waals surface area contributed by atoms with Crippen LogP contribution in [0.2, 0.25) is 0 Å². The summed E-state index contributed by atoms with van der Waals surface area (Å²) < 4.78 is 25.5. The van der Waals surface area contributed by atoms with Crippen molar-refractivity contribution in [3.63, 3.8) is 0 Å². The fourth-order valence-electron chi connectivity index (χ4n) is 0.772. The van der Waals surface area contributed by atoms with Crippen LogP contribution in [0, 0.1) is 11.6 Å². The van der Waals surface area contributed by atoms with Crippen LogP contribution in [0.5, 0.6) is 0 Å². The number of halogens is 2. The molecule has 15 heavy (non-hydrogen) atoms. The summed E-state index contributed by atoms with van der Waals surface area (Å²) in [6.07, 6.45) is 0. The Balaban J connectivity index is 2.82. The summed E-state index contributed by atoms with van der Waals surface area (Å²) in [5.74, 6) is -2.76. The quantitative estimate of drug-likeness (QED) is 0.596.